The molecule has 2 aromatic rings. The first-order valence-electron chi connectivity index (χ1n) is 5.99. The number of hydrogen-bond acceptors (Lipinski definition) is 6. The van der Waals surface area contributed by atoms with Gasteiger partial charge in [-0.15, -0.1) is 0 Å². The average molecular weight is 273 g/mol. The van der Waals surface area contributed by atoms with Crippen molar-refractivity contribution < 1.29 is 14.7 Å². The standard InChI is InChI=1S/C12H11N5O3/c18-7-9-5-16-1-2-17(6-10(16)15-9)12-13-3-8(4-14-12)11(19)20/h3-5,7H,1-2,6H2,(H,19,20). The molecule has 0 amide bonds. The van der Waals surface area contributed by atoms with Gasteiger partial charge in [0, 0.05) is 31.7 Å². The van der Waals surface area contributed by atoms with E-state index in [4.69, 9.17) is 5.11 Å². The number of rotatable bonds is 3. The van der Waals surface area contributed by atoms with Crippen LogP contribution in [0.4, 0.5) is 5.95 Å². The van der Waals surface area contributed by atoms with Crippen LogP contribution < -0.4 is 4.90 Å². The summed E-state index contributed by atoms with van der Waals surface area (Å²) >= 11 is 0. The predicted octanol–water partition coefficient (Wildman–Crippen LogP) is 0.204. The Morgan fingerprint density at radius 1 is 1.30 bits per heavy atom. The summed E-state index contributed by atoms with van der Waals surface area (Å²) in [6, 6.07) is 0. The van der Waals surface area contributed by atoms with Crippen molar-refractivity contribution in [2.75, 3.05) is 11.4 Å². The van der Waals surface area contributed by atoms with E-state index in [9.17, 15) is 9.59 Å². The zero-order chi connectivity index (χ0) is 14.1. The van der Waals surface area contributed by atoms with Gasteiger partial charge in [-0.3, -0.25) is 4.79 Å². The number of anilines is 1. The molecular formula is C12H11N5O3. The second kappa shape index (κ2) is 4.72. The van der Waals surface area contributed by atoms with Crippen molar-refractivity contribution in [2.24, 2.45) is 0 Å². The summed E-state index contributed by atoms with van der Waals surface area (Å²) < 4.78 is 1.92. The van der Waals surface area contributed by atoms with E-state index >= 15 is 0 Å². The van der Waals surface area contributed by atoms with E-state index in [1.54, 1.807) is 6.20 Å². The van der Waals surface area contributed by atoms with Crippen molar-refractivity contribution >= 4 is 18.2 Å². The Kier molecular flexibility index (Phi) is 2.90. The van der Waals surface area contributed by atoms with E-state index in [1.165, 1.54) is 12.4 Å². The summed E-state index contributed by atoms with van der Waals surface area (Å²) in [5, 5.41) is 8.81. The molecule has 0 saturated heterocycles. The van der Waals surface area contributed by atoms with Crippen LogP contribution >= 0.6 is 0 Å². The molecule has 0 radical (unpaired) electrons. The Morgan fingerprint density at radius 2 is 2.05 bits per heavy atom. The van der Waals surface area contributed by atoms with Crippen molar-refractivity contribution in [3.8, 4) is 0 Å². The number of fused-ring (bicyclic) bond motifs is 1. The first-order chi connectivity index (χ1) is 9.67. The third kappa shape index (κ3) is 2.11. The quantitative estimate of drug-likeness (QED) is 0.797. The van der Waals surface area contributed by atoms with Crippen LogP contribution in [0.3, 0.4) is 0 Å². The first kappa shape index (κ1) is 12.3. The van der Waals surface area contributed by atoms with E-state index in [-0.39, 0.29) is 5.56 Å². The van der Waals surface area contributed by atoms with E-state index in [1.807, 2.05) is 9.47 Å². The Balaban J connectivity index is 1.82. The topological polar surface area (TPSA) is 101 Å². The summed E-state index contributed by atoms with van der Waals surface area (Å²) in [6.07, 6.45) is 4.99. The van der Waals surface area contributed by atoms with Crippen LogP contribution in [-0.2, 0) is 13.1 Å². The molecule has 0 spiro atoms. The zero-order valence-electron chi connectivity index (χ0n) is 10.4. The highest BCUT2D eigenvalue weighted by Gasteiger charge is 2.20. The van der Waals surface area contributed by atoms with E-state index in [0.717, 1.165) is 5.82 Å². The number of aromatic nitrogens is 4. The van der Waals surface area contributed by atoms with E-state index in [2.05, 4.69) is 15.0 Å². The number of carbonyl (C=O) groups is 2. The highest BCUT2D eigenvalue weighted by atomic mass is 16.4. The number of nitrogens with zero attached hydrogens (tertiary/aromatic N) is 5. The number of carboxylic acid groups (broad SMARTS) is 1. The van der Waals surface area contributed by atoms with E-state index in [0.29, 0.717) is 37.6 Å². The van der Waals surface area contributed by atoms with Gasteiger partial charge in [0.25, 0.3) is 0 Å². The molecule has 0 saturated carbocycles. The van der Waals surface area contributed by atoms with Gasteiger partial charge in [0.05, 0.1) is 12.1 Å². The molecule has 1 aliphatic heterocycles. The van der Waals surface area contributed by atoms with Gasteiger partial charge in [0.1, 0.15) is 11.5 Å². The fourth-order valence-electron chi connectivity index (χ4n) is 2.10. The lowest BCUT2D eigenvalue weighted by molar-refractivity contribution is 0.0696. The number of aromatic carboxylic acids is 1. The maximum Gasteiger partial charge on any atom is 0.338 e. The normalized spacial score (nSPS) is 13.9. The molecule has 0 aliphatic carbocycles. The van der Waals surface area contributed by atoms with Crippen LogP contribution in [0.2, 0.25) is 0 Å². The lowest BCUT2D eigenvalue weighted by Crippen LogP contribution is -2.34. The van der Waals surface area contributed by atoms with Crippen molar-refractivity contribution in [1.82, 2.24) is 19.5 Å². The molecule has 3 rings (SSSR count). The molecule has 8 nitrogen and oxygen atoms in total. The Hall–Kier alpha value is -2.77. The smallest absolute Gasteiger partial charge is 0.338 e. The molecule has 3 heterocycles. The maximum atomic E-state index is 10.7. The highest BCUT2D eigenvalue weighted by molar-refractivity contribution is 5.86. The third-order valence-electron chi connectivity index (χ3n) is 3.11. The van der Waals surface area contributed by atoms with Crippen molar-refractivity contribution in [2.45, 2.75) is 13.1 Å². The number of hydrogen-bond donors (Lipinski definition) is 1. The number of carbonyl (C=O) groups excluding carboxylic acids is 1. The monoisotopic (exact) mass is 273 g/mol. The Labute approximate surface area is 113 Å². The van der Waals surface area contributed by atoms with Crippen LogP contribution in [0.1, 0.15) is 26.7 Å². The van der Waals surface area contributed by atoms with E-state index < -0.39 is 5.97 Å². The summed E-state index contributed by atoms with van der Waals surface area (Å²) in [5.41, 5.74) is 0.458. The van der Waals surface area contributed by atoms with Gasteiger partial charge >= 0.3 is 5.97 Å². The molecular weight excluding hydrogens is 262 g/mol. The van der Waals surface area contributed by atoms with Crippen molar-refractivity contribution in [1.29, 1.82) is 0 Å². The molecule has 0 fully saturated rings. The third-order valence-corrected chi connectivity index (χ3v) is 3.11. The van der Waals surface area contributed by atoms with Crippen LogP contribution in [0.25, 0.3) is 0 Å². The van der Waals surface area contributed by atoms with Gasteiger partial charge in [0.15, 0.2) is 6.29 Å². The Bertz CT molecular complexity index is 664. The van der Waals surface area contributed by atoms with Gasteiger partial charge in [-0.2, -0.15) is 0 Å². The molecule has 0 atom stereocenters. The zero-order valence-corrected chi connectivity index (χ0v) is 10.4. The minimum absolute atomic E-state index is 0.0514. The second-order valence-electron chi connectivity index (χ2n) is 4.39. The lowest BCUT2D eigenvalue weighted by atomic mass is 10.3. The molecule has 0 bridgehead atoms. The van der Waals surface area contributed by atoms with Gasteiger partial charge in [-0.05, 0) is 0 Å². The highest BCUT2D eigenvalue weighted by Crippen LogP contribution is 2.16. The summed E-state index contributed by atoms with van der Waals surface area (Å²) in [5.74, 6) is 0.169. The van der Waals surface area contributed by atoms with Crippen molar-refractivity contribution in [3.05, 3.63) is 35.7 Å². The average Bonchev–Trinajstić information content (AvgIpc) is 2.89. The minimum Gasteiger partial charge on any atom is -0.478 e. The van der Waals surface area contributed by atoms with Crippen LogP contribution in [0.15, 0.2) is 18.6 Å². The first-order valence-corrected chi connectivity index (χ1v) is 5.99. The number of imidazole rings is 1. The summed E-state index contributed by atoms with van der Waals surface area (Å²) in [6.45, 7) is 1.84. The largest absolute Gasteiger partial charge is 0.478 e. The molecule has 20 heavy (non-hydrogen) atoms. The SMILES string of the molecule is O=Cc1cn2c(n1)CN(c1ncc(C(=O)O)cn1)CC2. The van der Waals surface area contributed by atoms with Gasteiger partial charge in [-0.1, -0.05) is 0 Å². The Morgan fingerprint density at radius 3 is 2.70 bits per heavy atom. The number of aldehydes is 1. The molecule has 2 aromatic heterocycles. The molecule has 0 aromatic carbocycles. The lowest BCUT2D eigenvalue weighted by Gasteiger charge is -2.27. The molecule has 8 heteroatoms. The molecule has 1 aliphatic rings. The van der Waals surface area contributed by atoms with Crippen LogP contribution in [0.5, 0.6) is 0 Å². The van der Waals surface area contributed by atoms with Crippen molar-refractivity contribution in [3.63, 3.8) is 0 Å². The fourth-order valence-corrected chi connectivity index (χ4v) is 2.10. The fraction of sp³-hybridized carbons (Fsp3) is 0.250. The van der Waals surface area contributed by atoms with Gasteiger partial charge in [0.2, 0.25) is 5.95 Å². The minimum atomic E-state index is -1.05. The molecule has 0 unspecified atom stereocenters. The molecule has 1 N–H and O–H groups in total. The maximum absolute atomic E-state index is 10.7. The van der Waals surface area contributed by atoms with Crippen LogP contribution in [-0.4, -0.2) is 43.4 Å². The second-order valence-corrected chi connectivity index (χ2v) is 4.39. The summed E-state index contributed by atoms with van der Waals surface area (Å²) in [4.78, 5) is 35.6. The molecule has 102 valence electrons. The van der Waals surface area contributed by atoms with Gasteiger partial charge in [-0.25, -0.2) is 19.7 Å². The predicted molar refractivity (Wildman–Crippen MR) is 67.7 cm³/mol. The summed E-state index contributed by atoms with van der Waals surface area (Å²) in [7, 11) is 0. The van der Waals surface area contributed by atoms with Gasteiger partial charge < -0.3 is 14.6 Å². The van der Waals surface area contributed by atoms with Crippen LogP contribution in [0, 0.1) is 0 Å². The number of carboxylic acids is 1.